The lowest BCUT2D eigenvalue weighted by Gasteiger charge is -2.12. The smallest absolute Gasteiger partial charge is 0.122 e. The lowest BCUT2D eigenvalue weighted by molar-refractivity contribution is 0.457. The largest absolute Gasteiger partial charge is 0.507 e. The van der Waals surface area contributed by atoms with Crippen LogP contribution in [-0.4, -0.2) is 10.6 Å². The fourth-order valence-electron chi connectivity index (χ4n) is 1.79. The SMILES string of the molecule is CCc1cccc(CC2(N)CC2)c1O. The summed E-state index contributed by atoms with van der Waals surface area (Å²) in [5.74, 6) is 0.451. The summed E-state index contributed by atoms with van der Waals surface area (Å²) in [6, 6.07) is 5.94. The molecule has 2 rings (SSSR count). The number of phenolic OH excluding ortho intramolecular Hbond substituents is 1. The molecule has 0 bridgehead atoms. The number of aromatic hydroxyl groups is 1. The number of para-hydroxylation sites is 1. The molecule has 1 fully saturated rings. The van der Waals surface area contributed by atoms with Crippen LogP contribution in [0.3, 0.4) is 0 Å². The molecule has 0 atom stereocenters. The van der Waals surface area contributed by atoms with E-state index in [0.717, 1.165) is 36.8 Å². The maximum atomic E-state index is 9.92. The number of hydrogen-bond donors (Lipinski definition) is 2. The highest BCUT2D eigenvalue weighted by molar-refractivity contribution is 5.41. The van der Waals surface area contributed by atoms with Crippen molar-refractivity contribution >= 4 is 0 Å². The first-order chi connectivity index (χ1) is 6.64. The Morgan fingerprint density at radius 3 is 2.57 bits per heavy atom. The molecular weight excluding hydrogens is 174 g/mol. The van der Waals surface area contributed by atoms with Gasteiger partial charge in [-0.1, -0.05) is 25.1 Å². The third-order valence-electron chi connectivity index (χ3n) is 3.02. The number of rotatable bonds is 3. The lowest BCUT2D eigenvalue weighted by Crippen LogP contribution is -2.24. The van der Waals surface area contributed by atoms with Gasteiger partial charge >= 0.3 is 0 Å². The van der Waals surface area contributed by atoms with Crippen molar-refractivity contribution in [3.05, 3.63) is 29.3 Å². The van der Waals surface area contributed by atoms with Crippen LogP contribution in [-0.2, 0) is 12.8 Å². The number of aryl methyl sites for hydroxylation is 1. The predicted molar refractivity (Wildman–Crippen MR) is 57.3 cm³/mol. The van der Waals surface area contributed by atoms with E-state index in [2.05, 4.69) is 0 Å². The quantitative estimate of drug-likeness (QED) is 0.767. The first-order valence-electron chi connectivity index (χ1n) is 5.23. The summed E-state index contributed by atoms with van der Waals surface area (Å²) < 4.78 is 0. The van der Waals surface area contributed by atoms with Gasteiger partial charge in [0.2, 0.25) is 0 Å². The summed E-state index contributed by atoms with van der Waals surface area (Å²) in [4.78, 5) is 0. The molecule has 0 unspecified atom stereocenters. The Balaban J connectivity index is 2.24. The molecule has 0 heterocycles. The van der Waals surface area contributed by atoms with Gasteiger partial charge in [0, 0.05) is 5.54 Å². The van der Waals surface area contributed by atoms with Crippen LogP contribution in [0.15, 0.2) is 18.2 Å². The summed E-state index contributed by atoms with van der Waals surface area (Å²) in [7, 11) is 0. The summed E-state index contributed by atoms with van der Waals surface area (Å²) in [5, 5.41) is 9.92. The maximum absolute atomic E-state index is 9.92. The van der Waals surface area contributed by atoms with Gasteiger partial charge in [-0.3, -0.25) is 0 Å². The zero-order chi connectivity index (χ0) is 10.2. The highest BCUT2D eigenvalue weighted by Crippen LogP contribution is 2.38. The van der Waals surface area contributed by atoms with Gasteiger partial charge in [0.15, 0.2) is 0 Å². The standard InChI is InChI=1S/C12H17NO/c1-2-9-4-3-5-10(11(9)14)8-12(13)6-7-12/h3-5,14H,2,6-8,13H2,1H3. The molecule has 0 aliphatic heterocycles. The fourth-order valence-corrected chi connectivity index (χ4v) is 1.79. The van der Waals surface area contributed by atoms with Crippen LogP contribution in [0.25, 0.3) is 0 Å². The molecule has 1 aromatic rings. The fraction of sp³-hybridized carbons (Fsp3) is 0.500. The molecule has 1 aliphatic carbocycles. The van der Waals surface area contributed by atoms with E-state index in [9.17, 15) is 5.11 Å². The van der Waals surface area contributed by atoms with E-state index in [1.807, 2.05) is 25.1 Å². The van der Waals surface area contributed by atoms with Crippen LogP contribution in [0, 0.1) is 0 Å². The van der Waals surface area contributed by atoms with Crippen LogP contribution in [0.1, 0.15) is 30.9 Å². The molecule has 0 spiro atoms. The van der Waals surface area contributed by atoms with Gasteiger partial charge in [0.1, 0.15) is 5.75 Å². The molecule has 1 aliphatic rings. The Bertz CT molecular complexity index is 342. The third-order valence-corrected chi connectivity index (χ3v) is 3.02. The van der Waals surface area contributed by atoms with Crippen molar-refractivity contribution in [3.63, 3.8) is 0 Å². The maximum Gasteiger partial charge on any atom is 0.122 e. The minimum Gasteiger partial charge on any atom is -0.507 e. The minimum atomic E-state index is -0.0240. The Labute approximate surface area is 84.7 Å². The van der Waals surface area contributed by atoms with E-state index in [0.29, 0.717) is 5.75 Å². The Morgan fingerprint density at radius 1 is 1.36 bits per heavy atom. The molecule has 2 nitrogen and oxygen atoms in total. The topological polar surface area (TPSA) is 46.2 Å². The second-order valence-electron chi connectivity index (χ2n) is 4.32. The zero-order valence-corrected chi connectivity index (χ0v) is 8.59. The number of nitrogens with two attached hydrogens (primary N) is 1. The van der Waals surface area contributed by atoms with Gasteiger partial charge in [-0.25, -0.2) is 0 Å². The Morgan fingerprint density at radius 2 is 2.00 bits per heavy atom. The summed E-state index contributed by atoms with van der Waals surface area (Å²) in [6.07, 6.45) is 3.86. The average Bonchev–Trinajstić information content (AvgIpc) is 2.88. The first-order valence-corrected chi connectivity index (χ1v) is 5.23. The van der Waals surface area contributed by atoms with Crippen LogP contribution in [0.5, 0.6) is 5.75 Å². The van der Waals surface area contributed by atoms with Crippen molar-refractivity contribution in [2.45, 2.75) is 38.1 Å². The van der Waals surface area contributed by atoms with Crippen LogP contribution in [0.4, 0.5) is 0 Å². The van der Waals surface area contributed by atoms with E-state index >= 15 is 0 Å². The monoisotopic (exact) mass is 191 g/mol. The molecule has 1 aromatic carbocycles. The summed E-state index contributed by atoms with van der Waals surface area (Å²) >= 11 is 0. The van der Waals surface area contributed by atoms with E-state index < -0.39 is 0 Å². The number of hydrogen-bond acceptors (Lipinski definition) is 2. The van der Waals surface area contributed by atoms with Crippen molar-refractivity contribution in [3.8, 4) is 5.75 Å². The van der Waals surface area contributed by atoms with Gasteiger partial charge in [0.05, 0.1) is 0 Å². The number of benzene rings is 1. The van der Waals surface area contributed by atoms with Crippen LogP contribution in [0.2, 0.25) is 0 Å². The highest BCUT2D eigenvalue weighted by Gasteiger charge is 2.38. The lowest BCUT2D eigenvalue weighted by atomic mass is 10.00. The average molecular weight is 191 g/mol. The van der Waals surface area contributed by atoms with Gasteiger partial charge in [-0.15, -0.1) is 0 Å². The Hall–Kier alpha value is -1.02. The summed E-state index contributed by atoms with van der Waals surface area (Å²) in [6.45, 7) is 2.05. The third kappa shape index (κ3) is 1.75. The van der Waals surface area contributed by atoms with Gasteiger partial charge in [-0.2, -0.15) is 0 Å². The summed E-state index contributed by atoms with van der Waals surface area (Å²) in [5.41, 5.74) is 8.03. The minimum absolute atomic E-state index is 0.0240. The van der Waals surface area contributed by atoms with Crippen LogP contribution < -0.4 is 5.73 Å². The normalized spacial score (nSPS) is 18.1. The van der Waals surface area contributed by atoms with Crippen molar-refractivity contribution in [1.82, 2.24) is 0 Å². The van der Waals surface area contributed by atoms with Crippen molar-refractivity contribution in [1.29, 1.82) is 0 Å². The zero-order valence-electron chi connectivity index (χ0n) is 8.59. The van der Waals surface area contributed by atoms with Gasteiger partial charge in [0.25, 0.3) is 0 Å². The second-order valence-corrected chi connectivity index (χ2v) is 4.32. The molecule has 0 saturated heterocycles. The molecule has 0 radical (unpaired) electrons. The predicted octanol–water partition coefficient (Wildman–Crippen LogP) is 1.99. The van der Waals surface area contributed by atoms with E-state index in [-0.39, 0.29) is 5.54 Å². The first kappa shape index (κ1) is 9.53. The van der Waals surface area contributed by atoms with E-state index in [4.69, 9.17) is 5.73 Å². The molecule has 2 heteroatoms. The molecule has 14 heavy (non-hydrogen) atoms. The van der Waals surface area contributed by atoms with Crippen LogP contribution >= 0.6 is 0 Å². The molecule has 0 amide bonds. The van der Waals surface area contributed by atoms with Crippen molar-refractivity contribution < 1.29 is 5.11 Å². The van der Waals surface area contributed by atoms with Crippen molar-refractivity contribution in [2.24, 2.45) is 5.73 Å². The highest BCUT2D eigenvalue weighted by atomic mass is 16.3. The van der Waals surface area contributed by atoms with Gasteiger partial charge < -0.3 is 10.8 Å². The van der Waals surface area contributed by atoms with Gasteiger partial charge in [-0.05, 0) is 36.8 Å². The molecular formula is C12H17NO. The number of phenols is 1. The molecule has 76 valence electrons. The molecule has 1 saturated carbocycles. The van der Waals surface area contributed by atoms with E-state index in [1.165, 1.54) is 0 Å². The second kappa shape index (κ2) is 3.28. The molecule has 0 aromatic heterocycles. The Kier molecular flexibility index (Phi) is 2.23. The van der Waals surface area contributed by atoms with Crippen molar-refractivity contribution in [2.75, 3.05) is 0 Å². The molecule has 3 N–H and O–H groups in total. The van der Waals surface area contributed by atoms with E-state index in [1.54, 1.807) is 0 Å².